The Morgan fingerprint density at radius 3 is 2.89 bits per heavy atom. The van der Waals surface area contributed by atoms with Crippen LogP contribution in [0.2, 0.25) is 0 Å². The molecule has 4 atom stereocenters. The first kappa shape index (κ1) is 13.1. The standard InChI is InChI=1S/C17H26N2/c1-12-8-9-15(11-13(12)2)19-16-7-3-5-14-6-4-10-18-17(14)16/h4,6,10,12-13,15-16,19H,3,5,7-9,11H2,1-2H3. The van der Waals surface area contributed by atoms with Crippen molar-refractivity contribution in [3.63, 3.8) is 0 Å². The molecule has 1 aromatic heterocycles. The highest BCUT2D eigenvalue weighted by molar-refractivity contribution is 5.25. The molecule has 1 saturated carbocycles. The fourth-order valence-corrected chi connectivity index (χ4v) is 3.76. The predicted molar refractivity (Wildman–Crippen MR) is 79.0 cm³/mol. The van der Waals surface area contributed by atoms with Crippen LogP contribution in [0.15, 0.2) is 18.3 Å². The Bertz CT molecular complexity index is 429. The van der Waals surface area contributed by atoms with Crippen LogP contribution in [-0.2, 0) is 6.42 Å². The summed E-state index contributed by atoms with van der Waals surface area (Å²) in [5.74, 6) is 1.76. The van der Waals surface area contributed by atoms with E-state index in [1.54, 1.807) is 0 Å². The van der Waals surface area contributed by atoms with Crippen molar-refractivity contribution in [2.45, 2.75) is 64.5 Å². The SMILES string of the molecule is CC1CCC(NC2CCCc3cccnc32)CC1C. The van der Waals surface area contributed by atoms with Crippen molar-refractivity contribution in [1.29, 1.82) is 0 Å². The van der Waals surface area contributed by atoms with Crippen LogP contribution < -0.4 is 5.32 Å². The Morgan fingerprint density at radius 1 is 1.16 bits per heavy atom. The molecule has 3 rings (SSSR count). The van der Waals surface area contributed by atoms with Crippen molar-refractivity contribution < 1.29 is 0 Å². The second kappa shape index (κ2) is 5.62. The molecule has 1 aromatic rings. The van der Waals surface area contributed by atoms with Crippen molar-refractivity contribution in [2.24, 2.45) is 11.8 Å². The molecule has 4 unspecified atom stereocenters. The summed E-state index contributed by atoms with van der Waals surface area (Å²) >= 11 is 0. The van der Waals surface area contributed by atoms with Crippen molar-refractivity contribution >= 4 is 0 Å². The van der Waals surface area contributed by atoms with E-state index in [9.17, 15) is 0 Å². The molecule has 0 saturated heterocycles. The van der Waals surface area contributed by atoms with Gasteiger partial charge in [0.1, 0.15) is 0 Å². The van der Waals surface area contributed by atoms with Gasteiger partial charge in [0.2, 0.25) is 0 Å². The number of pyridine rings is 1. The van der Waals surface area contributed by atoms with Crippen LogP contribution in [0.1, 0.15) is 63.3 Å². The molecule has 2 aliphatic rings. The Hall–Kier alpha value is -0.890. The van der Waals surface area contributed by atoms with Gasteiger partial charge in [0.05, 0.1) is 5.69 Å². The minimum atomic E-state index is 0.496. The lowest BCUT2D eigenvalue weighted by Crippen LogP contribution is -2.39. The largest absolute Gasteiger partial charge is 0.306 e. The quantitative estimate of drug-likeness (QED) is 0.871. The molecule has 0 amide bonds. The average Bonchev–Trinajstić information content (AvgIpc) is 2.43. The summed E-state index contributed by atoms with van der Waals surface area (Å²) in [5, 5.41) is 3.90. The third kappa shape index (κ3) is 2.84. The molecule has 0 radical (unpaired) electrons. The summed E-state index contributed by atoms with van der Waals surface area (Å²) in [7, 11) is 0. The fourth-order valence-electron chi connectivity index (χ4n) is 3.76. The molecule has 0 aliphatic heterocycles. The number of aryl methyl sites for hydroxylation is 1. The van der Waals surface area contributed by atoms with Crippen molar-refractivity contribution in [2.75, 3.05) is 0 Å². The number of fused-ring (bicyclic) bond motifs is 1. The first-order valence-electron chi connectivity index (χ1n) is 7.94. The highest BCUT2D eigenvalue weighted by Gasteiger charge is 2.28. The summed E-state index contributed by atoms with van der Waals surface area (Å²) in [6.07, 6.45) is 9.76. The molecular formula is C17H26N2. The molecule has 1 fully saturated rings. The van der Waals surface area contributed by atoms with E-state index < -0.39 is 0 Å². The molecule has 0 bridgehead atoms. The van der Waals surface area contributed by atoms with Gasteiger partial charge in [0.15, 0.2) is 0 Å². The number of rotatable bonds is 2. The number of nitrogens with zero attached hydrogens (tertiary/aromatic N) is 1. The smallest absolute Gasteiger partial charge is 0.0605 e. The second-order valence-corrected chi connectivity index (χ2v) is 6.62. The maximum absolute atomic E-state index is 4.64. The molecule has 0 aromatic carbocycles. The molecule has 0 spiro atoms. The first-order chi connectivity index (χ1) is 9.24. The number of aromatic nitrogens is 1. The summed E-state index contributed by atoms with van der Waals surface area (Å²) in [6.45, 7) is 4.81. The van der Waals surface area contributed by atoms with E-state index in [1.807, 2.05) is 6.20 Å². The Labute approximate surface area is 117 Å². The van der Waals surface area contributed by atoms with Gasteiger partial charge in [-0.05, 0) is 62.0 Å². The third-order valence-corrected chi connectivity index (χ3v) is 5.23. The highest BCUT2D eigenvalue weighted by atomic mass is 15.0. The molecular weight excluding hydrogens is 232 g/mol. The van der Waals surface area contributed by atoms with E-state index in [0.29, 0.717) is 12.1 Å². The molecule has 104 valence electrons. The fraction of sp³-hybridized carbons (Fsp3) is 0.706. The molecule has 2 aliphatic carbocycles. The van der Waals surface area contributed by atoms with Gasteiger partial charge in [-0.3, -0.25) is 4.98 Å². The second-order valence-electron chi connectivity index (χ2n) is 6.62. The van der Waals surface area contributed by atoms with Crippen LogP contribution in [0.3, 0.4) is 0 Å². The van der Waals surface area contributed by atoms with Crippen LogP contribution in [0.5, 0.6) is 0 Å². The predicted octanol–water partition coefficient (Wildman–Crippen LogP) is 3.87. The lowest BCUT2D eigenvalue weighted by Gasteiger charge is -2.36. The lowest BCUT2D eigenvalue weighted by atomic mass is 9.78. The van der Waals surface area contributed by atoms with Gasteiger partial charge in [0.25, 0.3) is 0 Å². The van der Waals surface area contributed by atoms with Crippen LogP contribution in [0, 0.1) is 11.8 Å². The van der Waals surface area contributed by atoms with E-state index in [2.05, 4.69) is 36.3 Å². The van der Waals surface area contributed by atoms with E-state index in [4.69, 9.17) is 0 Å². The molecule has 1 heterocycles. The zero-order valence-corrected chi connectivity index (χ0v) is 12.2. The van der Waals surface area contributed by atoms with E-state index in [1.165, 1.54) is 49.8 Å². The summed E-state index contributed by atoms with van der Waals surface area (Å²) < 4.78 is 0. The van der Waals surface area contributed by atoms with Gasteiger partial charge in [-0.1, -0.05) is 19.9 Å². The molecule has 19 heavy (non-hydrogen) atoms. The molecule has 1 N–H and O–H groups in total. The normalized spacial score (nSPS) is 34.8. The topological polar surface area (TPSA) is 24.9 Å². The Kier molecular flexibility index (Phi) is 3.88. The van der Waals surface area contributed by atoms with Gasteiger partial charge in [-0.25, -0.2) is 0 Å². The van der Waals surface area contributed by atoms with Crippen LogP contribution >= 0.6 is 0 Å². The lowest BCUT2D eigenvalue weighted by molar-refractivity contribution is 0.209. The van der Waals surface area contributed by atoms with Crippen LogP contribution in [-0.4, -0.2) is 11.0 Å². The van der Waals surface area contributed by atoms with Gasteiger partial charge in [-0.2, -0.15) is 0 Å². The Morgan fingerprint density at radius 2 is 2.05 bits per heavy atom. The van der Waals surface area contributed by atoms with Crippen molar-refractivity contribution in [3.8, 4) is 0 Å². The molecule has 2 heteroatoms. The zero-order valence-electron chi connectivity index (χ0n) is 12.2. The summed E-state index contributed by atoms with van der Waals surface area (Å²) in [4.78, 5) is 4.64. The zero-order chi connectivity index (χ0) is 13.2. The molecule has 2 nitrogen and oxygen atoms in total. The number of hydrogen-bond donors (Lipinski definition) is 1. The third-order valence-electron chi connectivity index (χ3n) is 5.23. The van der Waals surface area contributed by atoms with Crippen molar-refractivity contribution in [3.05, 3.63) is 29.6 Å². The minimum absolute atomic E-state index is 0.496. The number of hydrogen-bond acceptors (Lipinski definition) is 2. The minimum Gasteiger partial charge on any atom is -0.306 e. The van der Waals surface area contributed by atoms with Gasteiger partial charge < -0.3 is 5.32 Å². The van der Waals surface area contributed by atoms with Crippen molar-refractivity contribution in [1.82, 2.24) is 10.3 Å². The van der Waals surface area contributed by atoms with E-state index in [0.717, 1.165) is 11.8 Å². The Balaban J connectivity index is 1.68. The van der Waals surface area contributed by atoms with Crippen LogP contribution in [0.25, 0.3) is 0 Å². The number of nitrogens with one attached hydrogen (secondary N) is 1. The van der Waals surface area contributed by atoms with Gasteiger partial charge in [0, 0.05) is 18.3 Å². The average molecular weight is 258 g/mol. The first-order valence-corrected chi connectivity index (χ1v) is 7.94. The summed E-state index contributed by atoms with van der Waals surface area (Å²) in [6, 6.07) is 5.52. The van der Waals surface area contributed by atoms with E-state index >= 15 is 0 Å². The van der Waals surface area contributed by atoms with E-state index in [-0.39, 0.29) is 0 Å². The maximum atomic E-state index is 4.64. The highest BCUT2D eigenvalue weighted by Crippen LogP contribution is 2.33. The van der Waals surface area contributed by atoms with Crippen LogP contribution in [0.4, 0.5) is 0 Å². The van der Waals surface area contributed by atoms with Gasteiger partial charge >= 0.3 is 0 Å². The van der Waals surface area contributed by atoms with Gasteiger partial charge in [-0.15, -0.1) is 0 Å². The maximum Gasteiger partial charge on any atom is 0.0605 e. The monoisotopic (exact) mass is 258 g/mol. The summed E-state index contributed by atoms with van der Waals surface area (Å²) in [5.41, 5.74) is 2.78.